The second-order valence-electron chi connectivity index (χ2n) is 4.33. The summed E-state index contributed by atoms with van der Waals surface area (Å²) in [5, 5.41) is 3.32. The monoisotopic (exact) mass is 221 g/mol. The first-order chi connectivity index (χ1) is 7.70. The van der Waals surface area contributed by atoms with Crippen LogP contribution in [0.5, 0.6) is 0 Å². The highest BCUT2D eigenvalue weighted by Crippen LogP contribution is 2.20. The summed E-state index contributed by atoms with van der Waals surface area (Å²) in [4.78, 5) is 0. The van der Waals surface area contributed by atoms with Crippen LogP contribution in [0.15, 0.2) is 36.1 Å². The van der Waals surface area contributed by atoms with E-state index in [1.165, 1.54) is 12.0 Å². The van der Waals surface area contributed by atoms with Crippen molar-refractivity contribution in [3.63, 3.8) is 0 Å². The van der Waals surface area contributed by atoms with E-state index in [1.807, 2.05) is 13.8 Å². The van der Waals surface area contributed by atoms with E-state index >= 15 is 0 Å². The van der Waals surface area contributed by atoms with Crippen LogP contribution < -0.4 is 5.32 Å². The van der Waals surface area contributed by atoms with E-state index in [0.717, 1.165) is 12.5 Å². The highest BCUT2D eigenvalue weighted by Gasteiger charge is 2.07. The van der Waals surface area contributed by atoms with Gasteiger partial charge < -0.3 is 5.32 Å². The Labute approximate surface area is 101 Å². The van der Waals surface area contributed by atoms with Gasteiger partial charge in [-0.3, -0.25) is 0 Å². The fourth-order valence-electron chi connectivity index (χ4n) is 1.61. The Kier molecular flexibility index (Phi) is 8.69. The minimum absolute atomic E-state index is 0.549. The number of hydrogen-bond acceptors (Lipinski definition) is 1. The Morgan fingerprint density at radius 1 is 1.31 bits per heavy atom. The maximum absolute atomic E-state index is 3.32. The zero-order valence-electron chi connectivity index (χ0n) is 11.5. The average Bonchev–Trinajstić information content (AvgIpc) is 2.36. The number of hydrogen-bond donors (Lipinski definition) is 1. The lowest BCUT2D eigenvalue weighted by Crippen LogP contribution is -2.09. The van der Waals surface area contributed by atoms with Gasteiger partial charge in [0.2, 0.25) is 0 Å². The van der Waals surface area contributed by atoms with E-state index < -0.39 is 0 Å². The molecular weight excluding hydrogens is 194 g/mol. The molecule has 1 heterocycles. The van der Waals surface area contributed by atoms with Crippen LogP contribution in [0.1, 0.15) is 41.0 Å². The third-order valence-electron chi connectivity index (χ3n) is 2.40. The Morgan fingerprint density at radius 3 is 2.62 bits per heavy atom. The summed E-state index contributed by atoms with van der Waals surface area (Å²) in [6.45, 7) is 11.7. The molecule has 1 aliphatic rings. The van der Waals surface area contributed by atoms with Crippen molar-refractivity contribution >= 4 is 0 Å². The molecule has 1 rings (SSSR count). The molecule has 1 N–H and O–H groups in total. The molecule has 0 bridgehead atoms. The standard InChI is InChI=1S/C13H21N.C2H6/c1-11(2)9-13-10-14-8-6-4-5-7-12(13)3;1-2/h4-7,10-12,14H,8-9H2,1-3H3;1-2H3/b6-4-,7-5-,13-10-;. The Bertz CT molecular complexity index is 246. The van der Waals surface area contributed by atoms with Crippen molar-refractivity contribution in [2.45, 2.75) is 41.0 Å². The van der Waals surface area contributed by atoms with E-state index in [4.69, 9.17) is 0 Å². The average molecular weight is 221 g/mol. The van der Waals surface area contributed by atoms with Gasteiger partial charge in [-0.2, -0.15) is 0 Å². The van der Waals surface area contributed by atoms with E-state index in [0.29, 0.717) is 5.92 Å². The molecule has 1 aliphatic heterocycles. The summed E-state index contributed by atoms with van der Waals surface area (Å²) in [5.41, 5.74) is 1.50. The van der Waals surface area contributed by atoms with Gasteiger partial charge in [-0.05, 0) is 30.0 Å². The molecule has 1 atom stereocenters. The molecule has 0 saturated heterocycles. The van der Waals surface area contributed by atoms with Crippen molar-refractivity contribution in [1.29, 1.82) is 0 Å². The number of nitrogens with one attached hydrogen (secondary N) is 1. The van der Waals surface area contributed by atoms with Crippen LogP contribution in [0.2, 0.25) is 0 Å². The zero-order valence-corrected chi connectivity index (χ0v) is 11.5. The predicted octanol–water partition coefficient (Wildman–Crippen LogP) is 4.29. The Balaban J connectivity index is 0.00000106. The van der Waals surface area contributed by atoms with E-state index in [-0.39, 0.29) is 0 Å². The van der Waals surface area contributed by atoms with Gasteiger partial charge in [-0.15, -0.1) is 0 Å². The van der Waals surface area contributed by atoms with Crippen LogP contribution in [-0.4, -0.2) is 6.54 Å². The topological polar surface area (TPSA) is 12.0 Å². The Hall–Kier alpha value is -0.980. The first-order valence-electron chi connectivity index (χ1n) is 6.46. The lowest BCUT2D eigenvalue weighted by Gasteiger charge is -2.14. The molecule has 0 saturated carbocycles. The normalized spacial score (nSPS) is 27.1. The van der Waals surface area contributed by atoms with Crippen LogP contribution in [-0.2, 0) is 0 Å². The largest absolute Gasteiger partial charge is 0.387 e. The Morgan fingerprint density at radius 2 is 2.00 bits per heavy atom. The van der Waals surface area contributed by atoms with Crippen LogP contribution in [0.25, 0.3) is 0 Å². The van der Waals surface area contributed by atoms with Gasteiger partial charge >= 0.3 is 0 Å². The molecule has 0 amide bonds. The van der Waals surface area contributed by atoms with Crippen LogP contribution in [0, 0.1) is 11.8 Å². The van der Waals surface area contributed by atoms with Crippen molar-refractivity contribution < 1.29 is 0 Å². The fourth-order valence-corrected chi connectivity index (χ4v) is 1.61. The van der Waals surface area contributed by atoms with Gasteiger partial charge in [0.25, 0.3) is 0 Å². The van der Waals surface area contributed by atoms with Crippen molar-refractivity contribution in [1.82, 2.24) is 5.32 Å². The lowest BCUT2D eigenvalue weighted by molar-refractivity contribution is 0.600. The molecule has 0 spiro atoms. The third-order valence-corrected chi connectivity index (χ3v) is 2.40. The smallest absolute Gasteiger partial charge is 0.0328 e. The molecule has 1 unspecified atom stereocenters. The second-order valence-corrected chi connectivity index (χ2v) is 4.33. The van der Waals surface area contributed by atoms with Gasteiger partial charge in [0.1, 0.15) is 0 Å². The molecule has 0 aliphatic carbocycles. The second kappa shape index (κ2) is 9.26. The molecule has 0 aromatic rings. The number of rotatable bonds is 2. The lowest BCUT2D eigenvalue weighted by atomic mass is 9.93. The van der Waals surface area contributed by atoms with E-state index in [1.54, 1.807) is 0 Å². The maximum Gasteiger partial charge on any atom is 0.0328 e. The quantitative estimate of drug-likeness (QED) is 0.733. The summed E-state index contributed by atoms with van der Waals surface area (Å²) >= 11 is 0. The summed E-state index contributed by atoms with van der Waals surface area (Å²) < 4.78 is 0. The number of allylic oxidation sites excluding steroid dienone is 4. The van der Waals surface area contributed by atoms with Gasteiger partial charge in [-0.25, -0.2) is 0 Å². The minimum Gasteiger partial charge on any atom is -0.387 e. The van der Waals surface area contributed by atoms with E-state index in [9.17, 15) is 0 Å². The summed E-state index contributed by atoms with van der Waals surface area (Å²) in [5.74, 6) is 1.28. The van der Waals surface area contributed by atoms with Crippen LogP contribution in [0.4, 0.5) is 0 Å². The van der Waals surface area contributed by atoms with Gasteiger partial charge in [-0.1, -0.05) is 58.9 Å². The van der Waals surface area contributed by atoms with Gasteiger partial charge in [0, 0.05) is 6.54 Å². The molecule has 0 aromatic carbocycles. The molecule has 0 radical (unpaired) electrons. The summed E-state index contributed by atoms with van der Waals surface area (Å²) in [6, 6.07) is 0. The summed E-state index contributed by atoms with van der Waals surface area (Å²) in [7, 11) is 0. The first kappa shape index (κ1) is 15.0. The SMILES string of the molecule is CC.CC(C)C/C1=C/NC/C=C\C=C/C1C. The van der Waals surface area contributed by atoms with Crippen LogP contribution >= 0.6 is 0 Å². The van der Waals surface area contributed by atoms with E-state index in [2.05, 4.69) is 56.6 Å². The van der Waals surface area contributed by atoms with Crippen LogP contribution in [0.3, 0.4) is 0 Å². The van der Waals surface area contributed by atoms with Gasteiger partial charge in [0.05, 0.1) is 0 Å². The molecular formula is C15H27N. The third kappa shape index (κ3) is 6.49. The molecule has 1 nitrogen and oxygen atoms in total. The molecule has 0 aromatic heterocycles. The molecule has 16 heavy (non-hydrogen) atoms. The predicted molar refractivity (Wildman–Crippen MR) is 74.3 cm³/mol. The van der Waals surface area contributed by atoms with Crippen molar-refractivity contribution in [3.8, 4) is 0 Å². The van der Waals surface area contributed by atoms with Gasteiger partial charge in [0.15, 0.2) is 0 Å². The molecule has 1 heteroatoms. The zero-order chi connectivity index (χ0) is 12.4. The minimum atomic E-state index is 0.549. The fraction of sp³-hybridized carbons (Fsp3) is 0.600. The van der Waals surface area contributed by atoms with Crippen molar-refractivity contribution in [2.24, 2.45) is 11.8 Å². The molecule has 0 fully saturated rings. The highest BCUT2D eigenvalue weighted by atomic mass is 14.8. The summed E-state index contributed by atoms with van der Waals surface area (Å²) in [6.07, 6.45) is 12.0. The van der Waals surface area contributed by atoms with Crippen molar-refractivity contribution in [3.05, 3.63) is 36.1 Å². The van der Waals surface area contributed by atoms with Crippen molar-refractivity contribution in [2.75, 3.05) is 6.54 Å². The maximum atomic E-state index is 3.32. The first-order valence-corrected chi connectivity index (χ1v) is 6.46. The molecule has 92 valence electrons. The highest BCUT2D eigenvalue weighted by molar-refractivity contribution is 5.17.